The van der Waals surface area contributed by atoms with Gasteiger partial charge in [-0.2, -0.15) is 18.3 Å². The minimum absolute atomic E-state index is 0.0260. The molecule has 7 heteroatoms. The summed E-state index contributed by atoms with van der Waals surface area (Å²) in [5, 5.41) is 11.4. The van der Waals surface area contributed by atoms with Crippen LogP contribution in [0.25, 0.3) is 0 Å². The molecule has 0 spiro atoms. The number of hydrogen-bond donors (Lipinski definition) is 1. The second kappa shape index (κ2) is 6.60. The summed E-state index contributed by atoms with van der Waals surface area (Å²) in [4.78, 5) is 1.67. The minimum Gasteiger partial charge on any atom is -0.355 e. The molecule has 1 N–H and O–H groups in total. The van der Waals surface area contributed by atoms with Gasteiger partial charge in [-0.25, -0.2) is 0 Å². The Morgan fingerprint density at radius 2 is 2.10 bits per heavy atom. The van der Waals surface area contributed by atoms with Crippen molar-refractivity contribution >= 4 is 5.82 Å². The lowest BCUT2D eigenvalue weighted by molar-refractivity contribution is -0.176. The van der Waals surface area contributed by atoms with Crippen molar-refractivity contribution < 1.29 is 13.2 Å². The molecule has 2 heterocycles. The molecule has 0 aromatic carbocycles. The lowest BCUT2D eigenvalue weighted by Gasteiger charge is -2.34. The zero-order chi connectivity index (χ0) is 15.5. The topological polar surface area (TPSA) is 41.0 Å². The van der Waals surface area contributed by atoms with Crippen LogP contribution in [0.15, 0.2) is 12.1 Å². The van der Waals surface area contributed by atoms with Gasteiger partial charge in [0.05, 0.1) is 11.6 Å². The van der Waals surface area contributed by atoms with E-state index in [0.29, 0.717) is 31.4 Å². The van der Waals surface area contributed by atoms with Crippen LogP contribution in [0.3, 0.4) is 0 Å². The Balaban J connectivity index is 1.98. The third-order valence-corrected chi connectivity index (χ3v) is 3.61. The molecule has 118 valence electrons. The Bertz CT molecular complexity index is 445. The van der Waals surface area contributed by atoms with Crippen molar-refractivity contribution in [2.75, 3.05) is 18.0 Å². The summed E-state index contributed by atoms with van der Waals surface area (Å²) in [5.41, 5.74) is 0.789. The van der Waals surface area contributed by atoms with Crippen LogP contribution in [0, 0.1) is 5.92 Å². The first kappa shape index (κ1) is 16.0. The van der Waals surface area contributed by atoms with E-state index in [0.717, 1.165) is 5.69 Å². The van der Waals surface area contributed by atoms with Crippen molar-refractivity contribution in [2.45, 2.75) is 45.5 Å². The van der Waals surface area contributed by atoms with Crippen molar-refractivity contribution in [3.8, 4) is 0 Å². The highest BCUT2D eigenvalue weighted by Crippen LogP contribution is 2.34. The fourth-order valence-electron chi connectivity index (χ4n) is 2.38. The first-order valence-electron chi connectivity index (χ1n) is 7.24. The third-order valence-electron chi connectivity index (χ3n) is 3.61. The van der Waals surface area contributed by atoms with E-state index in [9.17, 15) is 13.2 Å². The average Bonchev–Trinajstić information content (AvgIpc) is 2.45. The number of piperidine rings is 1. The molecule has 0 aliphatic carbocycles. The lowest BCUT2D eigenvalue weighted by Crippen LogP contribution is -2.42. The molecule has 1 fully saturated rings. The van der Waals surface area contributed by atoms with E-state index < -0.39 is 12.1 Å². The average molecular weight is 302 g/mol. The molecule has 2 rings (SSSR count). The third kappa shape index (κ3) is 4.56. The van der Waals surface area contributed by atoms with E-state index in [4.69, 9.17) is 0 Å². The Hall–Kier alpha value is -1.37. The second-order valence-corrected chi connectivity index (χ2v) is 5.75. The fraction of sp³-hybridized carbons (Fsp3) is 0.714. The number of nitrogens with zero attached hydrogens (tertiary/aromatic N) is 3. The molecule has 1 aromatic rings. The Morgan fingerprint density at radius 3 is 2.67 bits per heavy atom. The zero-order valence-electron chi connectivity index (χ0n) is 12.3. The summed E-state index contributed by atoms with van der Waals surface area (Å²) in [6.45, 7) is 5.25. The lowest BCUT2D eigenvalue weighted by atomic mass is 9.97. The van der Waals surface area contributed by atoms with Crippen LogP contribution in [0.5, 0.6) is 0 Å². The van der Waals surface area contributed by atoms with Crippen LogP contribution in [-0.4, -0.2) is 35.5 Å². The van der Waals surface area contributed by atoms with E-state index in [1.807, 2.05) is 19.9 Å². The molecule has 4 nitrogen and oxygen atoms in total. The van der Waals surface area contributed by atoms with Crippen molar-refractivity contribution in [3.63, 3.8) is 0 Å². The second-order valence-electron chi connectivity index (χ2n) is 5.75. The van der Waals surface area contributed by atoms with Crippen LogP contribution in [-0.2, 0) is 6.54 Å². The molecule has 21 heavy (non-hydrogen) atoms. The minimum atomic E-state index is -4.13. The predicted octanol–water partition coefficient (Wildman–Crippen LogP) is 2.75. The highest BCUT2D eigenvalue weighted by atomic mass is 19.4. The van der Waals surface area contributed by atoms with E-state index in [-0.39, 0.29) is 13.0 Å². The fourth-order valence-corrected chi connectivity index (χ4v) is 2.38. The van der Waals surface area contributed by atoms with Crippen LogP contribution in [0.4, 0.5) is 19.0 Å². The van der Waals surface area contributed by atoms with Crippen LogP contribution in [0.2, 0.25) is 0 Å². The standard InChI is InChI=1S/C14H21F3N4/c1-10(2)18-8-12-5-6-13(20-19-12)21-7-3-4-11(9-21)14(15,16)17/h5-6,10-11,18H,3-4,7-9H2,1-2H3. The van der Waals surface area contributed by atoms with Gasteiger partial charge in [-0.05, 0) is 25.0 Å². The number of nitrogens with one attached hydrogen (secondary N) is 1. The van der Waals surface area contributed by atoms with Gasteiger partial charge < -0.3 is 10.2 Å². The predicted molar refractivity (Wildman–Crippen MR) is 75.0 cm³/mol. The van der Waals surface area contributed by atoms with Crippen LogP contribution in [0.1, 0.15) is 32.4 Å². The molecule has 1 aromatic heterocycles. The van der Waals surface area contributed by atoms with Crippen molar-refractivity contribution in [1.29, 1.82) is 0 Å². The van der Waals surface area contributed by atoms with Crippen LogP contribution < -0.4 is 10.2 Å². The van der Waals surface area contributed by atoms with E-state index >= 15 is 0 Å². The molecule has 1 aliphatic heterocycles. The molecule has 1 aliphatic rings. The summed E-state index contributed by atoms with van der Waals surface area (Å²) >= 11 is 0. The first-order chi connectivity index (χ1) is 9.86. The van der Waals surface area contributed by atoms with Crippen LogP contribution >= 0.6 is 0 Å². The monoisotopic (exact) mass is 302 g/mol. The van der Waals surface area contributed by atoms with Gasteiger partial charge in [0.2, 0.25) is 0 Å². The summed E-state index contributed by atoms with van der Waals surface area (Å²) in [7, 11) is 0. The Morgan fingerprint density at radius 1 is 1.33 bits per heavy atom. The molecule has 1 unspecified atom stereocenters. The maximum absolute atomic E-state index is 12.8. The van der Waals surface area contributed by atoms with Gasteiger partial charge >= 0.3 is 6.18 Å². The van der Waals surface area contributed by atoms with Crippen molar-refractivity contribution in [2.24, 2.45) is 5.92 Å². The number of halogens is 3. The largest absolute Gasteiger partial charge is 0.393 e. The van der Waals surface area contributed by atoms with Crippen molar-refractivity contribution in [3.05, 3.63) is 17.8 Å². The van der Waals surface area contributed by atoms with E-state index in [1.165, 1.54) is 0 Å². The molecule has 0 amide bonds. The first-order valence-corrected chi connectivity index (χ1v) is 7.24. The number of aromatic nitrogens is 2. The molecular weight excluding hydrogens is 281 g/mol. The molecule has 1 saturated heterocycles. The molecule has 0 bridgehead atoms. The Kier molecular flexibility index (Phi) is 5.03. The maximum Gasteiger partial charge on any atom is 0.393 e. The molecule has 0 radical (unpaired) electrons. The van der Waals surface area contributed by atoms with E-state index in [2.05, 4.69) is 15.5 Å². The number of anilines is 1. The normalized spacial score (nSPS) is 20.1. The highest BCUT2D eigenvalue weighted by molar-refractivity contribution is 5.38. The smallest absolute Gasteiger partial charge is 0.355 e. The number of hydrogen-bond acceptors (Lipinski definition) is 4. The highest BCUT2D eigenvalue weighted by Gasteiger charge is 2.42. The molecular formula is C14H21F3N4. The maximum atomic E-state index is 12.8. The van der Waals surface area contributed by atoms with Gasteiger partial charge in [-0.15, -0.1) is 5.10 Å². The summed E-state index contributed by atoms with van der Waals surface area (Å²) < 4.78 is 38.4. The molecule has 0 saturated carbocycles. The molecule has 1 atom stereocenters. The zero-order valence-corrected chi connectivity index (χ0v) is 12.3. The number of rotatable bonds is 4. The summed E-state index contributed by atoms with van der Waals surface area (Å²) in [6.07, 6.45) is -3.40. The van der Waals surface area contributed by atoms with Gasteiger partial charge in [-0.3, -0.25) is 0 Å². The summed E-state index contributed by atoms with van der Waals surface area (Å²) in [5.74, 6) is -0.743. The van der Waals surface area contributed by atoms with Gasteiger partial charge in [0.1, 0.15) is 0 Å². The van der Waals surface area contributed by atoms with Gasteiger partial charge in [-0.1, -0.05) is 13.8 Å². The van der Waals surface area contributed by atoms with E-state index in [1.54, 1.807) is 11.0 Å². The Labute approximate surface area is 122 Å². The van der Waals surface area contributed by atoms with Gasteiger partial charge in [0.15, 0.2) is 5.82 Å². The quantitative estimate of drug-likeness (QED) is 0.928. The number of alkyl halides is 3. The SMILES string of the molecule is CC(C)NCc1ccc(N2CCCC(C(F)(F)F)C2)nn1. The van der Waals surface area contributed by atoms with Crippen molar-refractivity contribution in [1.82, 2.24) is 15.5 Å². The van der Waals surface area contributed by atoms with Gasteiger partial charge in [0.25, 0.3) is 0 Å². The summed E-state index contributed by atoms with van der Waals surface area (Å²) in [6, 6.07) is 3.92. The van der Waals surface area contributed by atoms with Gasteiger partial charge in [0, 0.05) is 25.7 Å².